The van der Waals surface area contributed by atoms with Crippen LogP contribution >= 0.6 is 0 Å². The third kappa shape index (κ3) is 3.82. The topological polar surface area (TPSA) is 98.4 Å². The molecule has 8 heteroatoms. The Hall–Kier alpha value is -4.07. The van der Waals surface area contributed by atoms with Crippen molar-refractivity contribution in [1.82, 2.24) is 15.0 Å². The Morgan fingerprint density at radius 1 is 1.25 bits per heavy atom. The summed E-state index contributed by atoms with van der Waals surface area (Å²) in [5.74, 6) is 2.28. The van der Waals surface area contributed by atoms with Gasteiger partial charge in [0.15, 0.2) is 0 Å². The molecule has 8 nitrogen and oxygen atoms in total. The molecule has 0 saturated heterocycles. The Morgan fingerprint density at radius 3 is 2.84 bits per heavy atom. The zero-order valence-electron chi connectivity index (χ0n) is 17.7. The molecule has 2 aromatic carbocycles. The molecule has 2 aromatic heterocycles. The number of carbonyl (C=O) groups excluding carboxylic acids is 1. The van der Waals surface area contributed by atoms with Gasteiger partial charge in [0.2, 0.25) is 5.88 Å². The largest absolute Gasteiger partial charge is 0.493 e. The number of benzene rings is 2. The molecule has 1 aliphatic heterocycles. The molecule has 4 aromatic rings. The normalized spacial score (nSPS) is 14.6. The van der Waals surface area contributed by atoms with E-state index in [0.717, 1.165) is 34.4 Å². The van der Waals surface area contributed by atoms with Crippen molar-refractivity contribution in [3.8, 4) is 23.1 Å². The van der Waals surface area contributed by atoms with Crippen LogP contribution in [0.5, 0.6) is 23.1 Å². The third-order valence-electron chi connectivity index (χ3n) is 5.15. The summed E-state index contributed by atoms with van der Waals surface area (Å²) in [5.41, 5.74) is 2.94. The molecule has 5 rings (SSSR count). The summed E-state index contributed by atoms with van der Waals surface area (Å²) < 4.78 is 17.4. The minimum atomic E-state index is -0.258. The summed E-state index contributed by atoms with van der Waals surface area (Å²) in [4.78, 5) is 24.2. The lowest BCUT2D eigenvalue weighted by Gasteiger charge is -2.08. The zero-order valence-corrected chi connectivity index (χ0v) is 17.7. The fourth-order valence-corrected chi connectivity index (χ4v) is 3.79. The van der Waals surface area contributed by atoms with E-state index in [-0.39, 0.29) is 12.0 Å². The van der Waals surface area contributed by atoms with Gasteiger partial charge in [-0.15, -0.1) is 0 Å². The molecule has 1 unspecified atom stereocenters. The Labute approximate surface area is 184 Å². The van der Waals surface area contributed by atoms with Crippen LogP contribution in [0.3, 0.4) is 0 Å². The fraction of sp³-hybridized carbons (Fsp3) is 0.208. The predicted molar refractivity (Wildman–Crippen MR) is 120 cm³/mol. The Kier molecular flexibility index (Phi) is 5.10. The molecule has 32 heavy (non-hydrogen) atoms. The third-order valence-corrected chi connectivity index (χ3v) is 5.15. The molecular weight excluding hydrogens is 408 g/mol. The molecule has 0 bridgehead atoms. The van der Waals surface area contributed by atoms with E-state index in [2.05, 4.69) is 20.3 Å². The van der Waals surface area contributed by atoms with Crippen LogP contribution in [0.2, 0.25) is 0 Å². The first-order valence-electron chi connectivity index (χ1n) is 10.4. The highest BCUT2D eigenvalue weighted by Crippen LogP contribution is 2.41. The number of fused-ring (bicyclic) bond motifs is 3. The number of hydrogen-bond donors (Lipinski definition) is 2. The van der Waals surface area contributed by atoms with E-state index in [1.165, 1.54) is 6.20 Å². The molecule has 2 N–H and O–H groups in total. The molecule has 0 spiro atoms. The highest BCUT2D eigenvalue weighted by atomic mass is 16.5. The second kappa shape index (κ2) is 8.22. The molecule has 1 aliphatic rings. The van der Waals surface area contributed by atoms with Crippen molar-refractivity contribution < 1.29 is 19.0 Å². The van der Waals surface area contributed by atoms with Gasteiger partial charge >= 0.3 is 0 Å². The number of nitrogens with one attached hydrogen (secondary N) is 2. The minimum Gasteiger partial charge on any atom is -0.493 e. The van der Waals surface area contributed by atoms with E-state index in [1.807, 2.05) is 19.9 Å². The second-order valence-electron chi connectivity index (χ2n) is 7.52. The number of H-pyrrole nitrogens is 1. The van der Waals surface area contributed by atoms with Crippen molar-refractivity contribution in [2.75, 3.05) is 11.9 Å². The van der Waals surface area contributed by atoms with Gasteiger partial charge in [0.25, 0.3) is 5.91 Å². The average Bonchev–Trinajstić information content (AvgIpc) is 3.40. The molecule has 3 heterocycles. The summed E-state index contributed by atoms with van der Waals surface area (Å²) in [6, 6.07) is 10.8. The van der Waals surface area contributed by atoms with Gasteiger partial charge in [0, 0.05) is 35.5 Å². The van der Waals surface area contributed by atoms with Crippen LogP contribution in [-0.4, -0.2) is 33.6 Å². The van der Waals surface area contributed by atoms with Crippen LogP contribution in [0.25, 0.3) is 10.9 Å². The van der Waals surface area contributed by atoms with E-state index in [4.69, 9.17) is 14.2 Å². The maximum absolute atomic E-state index is 12.9. The van der Waals surface area contributed by atoms with Crippen LogP contribution in [0.1, 0.15) is 29.9 Å². The summed E-state index contributed by atoms with van der Waals surface area (Å²) in [6.07, 6.45) is 5.57. The van der Waals surface area contributed by atoms with Crippen LogP contribution in [0.15, 0.2) is 55.0 Å². The molecule has 0 aliphatic carbocycles. The maximum atomic E-state index is 12.9. The highest BCUT2D eigenvalue weighted by Gasteiger charge is 2.26. The van der Waals surface area contributed by atoms with Crippen molar-refractivity contribution in [1.29, 1.82) is 0 Å². The van der Waals surface area contributed by atoms with Gasteiger partial charge in [-0.2, -0.15) is 0 Å². The van der Waals surface area contributed by atoms with Gasteiger partial charge in [-0.3, -0.25) is 9.78 Å². The number of amides is 1. The highest BCUT2D eigenvalue weighted by molar-refractivity contribution is 6.07. The number of rotatable bonds is 6. The van der Waals surface area contributed by atoms with Crippen molar-refractivity contribution in [3.63, 3.8) is 0 Å². The first-order chi connectivity index (χ1) is 15.6. The molecule has 1 atom stereocenters. The monoisotopic (exact) mass is 430 g/mol. The van der Waals surface area contributed by atoms with Crippen molar-refractivity contribution >= 4 is 22.5 Å². The lowest BCUT2D eigenvalue weighted by atomic mass is 10.1. The van der Waals surface area contributed by atoms with Crippen molar-refractivity contribution in [3.05, 3.63) is 66.2 Å². The smallest absolute Gasteiger partial charge is 0.272 e. The summed E-state index contributed by atoms with van der Waals surface area (Å²) in [6.45, 7) is 4.51. The number of aromatic amines is 1. The Morgan fingerprint density at radius 2 is 2.09 bits per heavy atom. The lowest BCUT2D eigenvalue weighted by molar-refractivity contribution is 0.102. The van der Waals surface area contributed by atoms with Crippen molar-refractivity contribution in [2.24, 2.45) is 0 Å². The predicted octanol–water partition coefficient (Wildman–Crippen LogP) is 4.72. The Balaban J connectivity index is 1.37. The molecule has 0 saturated carbocycles. The van der Waals surface area contributed by atoms with Gasteiger partial charge in [-0.1, -0.05) is 0 Å². The van der Waals surface area contributed by atoms with Gasteiger partial charge in [0.05, 0.1) is 18.3 Å². The maximum Gasteiger partial charge on any atom is 0.272 e. The number of anilines is 1. The first-order valence-corrected chi connectivity index (χ1v) is 10.4. The van der Waals surface area contributed by atoms with Crippen LogP contribution in [-0.2, 0) is 6.42 Å². The van der Waals surface area contributed by atoms with Crippen LogP contribution in [0.4, 0.5) is 5.69 Å². The number of ether oxygens (including phenoxy) is 3. The number of hydrogen-bond acceptors (Lipinski definition) is 6. The average molecular weight is 430 g/mol. The number of nitrogens with zero attached hydrogens (tertiary/aromatic N) is 2. The summed E-state index contributed by atoms with van der Waals surface area (Å²) >= 11 is 0. The summed E-state index contributed by atoms with van der Waals surface area (Å²) in [5, 5.41) is 3.73. The first kappa shape index (κ1) is 19.9. The zero-order chi connectivity index (χ0) is 22.1. The van der Waals surface area contributed by atoms with Gasteiger partial charge < -0.3 is 24.5 Å². The lowest BCUT2D eigenvalue weighted by Crippen LogP contribution is -2.12. The van der Waals surface area contributed by atoms with Crippen LogP contribution < -0.4 is 19.5 Å². The molecule has 0 radical (unpaired) electrons. The molecule has 162 valence electrons. The Bertz CT molecular complexity index is 1270. The van der Waals surface area contributed by atoms with Crippen LogP contribution in [0, 0.1) is 0 Å². The van der Waals surface area contributed by atoms with E-state index < -0.39 is 0 Å². The molecule has 1 amide bonds. The van der Waals surface area contributed by atoms with E-state index in [9.17, 15) is 4.79 Å². The minimum absolute atomic E-state index is 0.0910. The van der Waals surface area contributed by atoms with E-state index in [0.29, 0.717) is 29.6 Å². The fourth-order valence-electron chi connectivity index (χ4n) is 3.79. The number of carbonyl (C=O) groups is 1. The quantitative estimate of drug-likeness (QED) is 0.459. The molecular formula is C24H22N4O4. The van der Waals surface area contributed by atoms with Gasteiger partial charge in [-0.25, -0.2) is 4.98 Å². The van der Waals surface area contributed by atoms with Gasteiger partial charge in [-0.05, 0) is 50.2 Å². The SMILES string of the molecule is CCOc1cc2c(c3[nH]c(C(=O)Nc4ccc(Oc5cnccn5)cc4)cc13)OC(C)C2. The van der Waals surface area contributed by atoms with E-state index in [1.54, 1.807) is 42.7 Å². The molecule has 0 fully saturated rings. The summed E-state index contributed by atoms with van der Waals surface area (Å²) in [7, 11) is 0. The van der Waals surface area contributed by atoms with Crippen molar-refractivity contribution in [2.45, 2.75) is 26.4 Å². The van der Waals surface area contributed by atoms with E-state index >= 15 is 0 Å². The second-order valence-corrected chi connectivity index (χ2v) is 7.52. The van der Waals surface area contributed by atoms with Gasteiger partial charge in [0.1, 0.15) is 29.0 Å². The number of aromatic nitrogens is 3. The standard InChI is InChI=1S/C24H22N4O4/c1-3-30-20-11-15-10-14(2)31-23(15)22-18(20)12-19(28-22)24(29)27-16-4-6-17(7-5-16)32-21-13-25-8-9-26-21/h4-9,11-14,28H,3,10H2,1-2H3,(H,27,29).